The van der Waals surface area contributed by atoms with Crippen LogP contribution in [0.15, 0.2) is 28.6 Å². The zero-order valence-corrected chi connectivity index (χ0v) is 14.8. The van der Waals surface area contributed by atoms with E-state index in [2.05, 4.69) is 21.6 Å². The van der Waals surface area contributed by atoms with Crippen LogP contribution in [0.5, 0.6) is 5.75 Å². The molecular formula is C16H21N3O2S2. The summed E-state index contributed by atoms with van der Waals surface area (Å²) in [5, 5.41) is 12.6. The van der Waals surface area contributed by atoms with Crippen LogP contribution in [0, 0.1) is 0 Å². The van der Waals surface area contributed by atoms with Gasteiger partial charge in [0.25, 0.3) is 0 Å². The number of anilines is 1. The molecule has 0 aliphatic carbocycles. The summed E-state index contributed by atoms with van der Waals surface area (Å²) in [5.41, 5.74) is 1.18. The van der Waals surface area contributed by atoms with E-state index in [1.165, 1.54) is 5.56 Å². The number of aromatic nitrogens is 2. The SMILES string of the molecule is CCOc1ccccc1CSc1nnc(NCC2CCCO2)s1. The molecule has 23 heavy (non-hydrogen) atoms. The van der Waals surface area contributed by atoms with Gasteiger partial charge in [-0.15, -0.1) is 10.2 Å². The van der Waals surface area contributed by atoms with Crippen LogP contribution >= 0.6 is 23.1 Å². The van der Waals surface area contributed by atoms with Gasteiger partial charge in [-0.2, -0.15) is 0 Å². The molecule has 0 radical (unpaired) electrons. The Balaban J connectivity index is 1.50. The number of para-hydroxylation sites is 1. The highest BCUT2D eigenvalue weighted by Crippen LogP contribution is 2.31. The Morgan fingerprint density at radius 1 is 1.39 bits per heavy atom. The number of hydrogen-bond acceptors (Lipinski definition) is 7. The van der Waals surface area contributed by atoms with E-state index in [0.717, 1.165) is 47.0 Å². The molecule has 0 spiro atoms. The van der Waals surface area contributed by atoms with Crippen molar-refractivity contribution >= 4 is 28.2 Å². The van der Waals surface area contributed by atoms with E-state index in [4.69, 9.17) is 9.47 Å². The van der Waals surface area contributed by atoms with Crippen LogP contribution in [-0.4, -0.2) is 36.1 Å². The Kier molecular flexibility index (Phi) is 6.13. The molecule has 5 nitrogen and oxygen atoms in total. The smallest absolute Gasteiger partial charge is 0.206 e. The first-order valence-electron chi connectivity index (χ1n) is 7.87. The molecule has 1 aliphatic rings. The average molecular weight is 351 g/mol. The van der Waals surface area contributed by atoms with E-state index in [-0.39, 0.29) is 0 Å². The number of benzene rings is 1. The summed E-state index contributed by atoms with van der Waals surface area (Å²) in [4.78, 5) is 0. The summed E-state index contributed by atoms with van der Waals surface area (Å²) in [5.74, 6) is 1.78. The number of nitrogens with one attached hydrogen (secondary N) is 1. The van der Waals surface area contributed by atoms with E-state index in [1.54, 1.807) is 23.1 Å². The topological polar surface area (TPSA) is 56.3 Å². The van der Waals surface area contributed by atoms with Crippen molar-refractivity contribution in [3.8, 4) is 5.75 Å². The zero-order valence-electron chi connectivity index (χ0n) is 13.2. The van der Waals surface area contributed by atoms with Crippen molar-refractivity contribution in [3.05, 3.63) is 29.8 Å². The standard InChI is InChI=1S/C16H21N3O2S2/c1-2-20-14-8-4-3-6-12(14)11-22-16-19-18-15(23-16)17-10-13-7-5-9-21-13/h3-4,6,8,13H,2,5,7,9-11H2,1H3,(H,17,18). The molecule has 1 aliphatic heterocycles. The van der Waals surface area contributed by atoms with E-state index in [0.29, 0.717) is 12.7 Å². The van der Waals surface area contributed by atoms with Gasteiger partial charge < -0.3 is 14.8 Å². The monoisotopic (exact) mass is 351 g/mol. The predicted octanol–water partition coefficient (Wildman–Crippen LogP) is 3.82. The summed E-state index contributed by atoms with van der Waals surface area (Å²) < 4.78 is 12.2. The van der Waals surface area contributed by atoms with Crippen LogP contribution in [0.25, 0.3) is 0 Å². The normalized spacial score (nSPS) is 17.3. The first-order valence-corrected chi connectivity index (χ1v) is 9.68. The lowest BCUT2D eigenvalue weighted by molar-refractivity contribution is 0.120. The molecule has 1 aromatic heterocycles. The highest BCUT2D eigenvalue weighted by molar-refractivity contribution is 8.00. The molecule has 1 N–H and O–H groups in total. The maximum absolute atomic E-state index is 5.65. The molecular weight excluding hydrogens is 330 g/mol. The zero-order chi connectivity index (χ0) is 15.9. The van der Waals surface area contributed by atoms with Crippen LogP contribution in [-0.2, 0) is 10.5 Å². The van der Waals surface area contributed by atoms with E-state index >= 15 is 0 Å². The highest BCUT2D eigenvalue weighted by atomic mass is 32.2. The molecule has 1 unspecified atom stereocenters. The number of thioether (sulfide) groups is 1. The first kappa shape index (κ1) is 16.5. The lowest BCUT2D eigenvalue weighted by atomic mass is 10.2. The van der Waals surface area contributed by atoms with E-state index in [1.807, 2.05) is 25.1 Å². The van der Waals surface area contributed by atoms with Crippen molar-refractivity contribution in [2.45, 2.75) is 36.0 Å². The van der Waals surface area contributed by atoms with Crippen molar-refractivity contribution in [1.29, 1.82) is 0 Å². The summed E-state index contributed by atoms with van der Waals surface area (Å²) in [6.45, 7) is 4.37. The molecule has 0 bridgehead atoms. The van der Waals surface area contributed by atoms with Gasteiger partial charge in [-0.05, 0) is 25.8 Å². The van der Waals surface area contributed by atoms with E-state index < -0.39 is 0 Å². The van der Waals surface area contributed by atoms with Gasteiger partial charge in [-0.25, -0.2) is 0 Å². The average Bonchev–Trinajstić information content (AvgIpc) is 3.24. The van der Waals surface area contributed by atoms with Gasteiger partial charge in [0.05, 0.1) is 12.7 Å². The summed E-state index contributed by atoms with van der Waals surface area (Å²) in [6.07, 6.45) is 2.60. The molecule has 0 saturated carbocycles. The van der Waals surface area contributed by atoms with Gasteiger partial charge in [0.2, 0.25) is 5.13 Å². The maximum atomic E-state index is 5.65. The maximum Gasteiger partial charge on any atom is 0.206 e. The number of rotatable bonds is 8. The molecule has 124 valence electrons. The fraction of sp³-hybridized carbons (Fsp3) is 0.500. The Hall–Kier alpha value is -1.31. The lowest BCUT2D eigenvalue weighted by Crippen LogP contribution is -2.18. The molecule has 0 amide bonds. The Bertz CT molecular complexity index is 615. The lowest BCUT2D eigenvalue weighted by Gasteiger charge is -2.09. The highest BCUT2D eigenvalue weighted by Gasteiger charge is 2.16. The molecule has 2 aromatic rings. The summed E-state index contributed by atoms with van der Waals surface area (Å²) >= 11 is 3.27. The van der Waals surface area contributed by atoms with Crippen LogP contribution in [0.2, 0.25) is 0 Å². The van der Waals surface area contributed by atoms with Crippen molar-refractivity contribution in [1.82, 2.24) is 10.2 Å². The summed E-state index contributed by atoms with van der Waals surface area (Å²) in [6, 6.07) is 8.13. The Labute approximate surface area is 144 Å². The molecule has 1 fully saturated rings. The largest absolute Gasteiger partial charge is 0.494 e. The van der Waals surface area contributed by atoms with Crippen LogP contribution in [0.3, 0.4) is 0 Å². The molecule has 1 atom stereocenters. The fourth-order valence-electron chi connectivity index (χ4n) is 2.40. The number of hydrogen-bond donors (Lipinski definition) is 1. The van der Waals surface area contributed by atoms with Crippen LogP contribution in [0.4, 0.5) is 5.13 Å². The van der Waals surface area contributed by atoms with Gasteiger partial charge >= 0.3 is 0 Å². The first-order chi connectivity index (χ1) is 11.3. The molecule has 2 heterocycles. The van der Waals surface area contributed by atoms with Crippen molar-refractivity contribution < 1.29 is 9.47 Å². The molecule has 3 rings (SSSR count). The van der Waals surface area contributed by atoms with E-state index in [9.17, 15) is 0 Å². The Morgan fingerprint density at radius 2 is 2.30 bits per heavy atom. The summed E-state index contributed by atoms with van der Waals surface area (Å²) in [7, 11) is 0. The van der Waals surface area contributed by atoms with Crippen molar-refractivity contribution in [2.24, 2.45) is 0 Å². The Morgan fingerprint density at radius 3 is 3.13 bits per heavy atom. The number of nitrogens with zero attached hydrogens (tertiary/aromatic N) is 2. The molecule has 7 heteroatoms. The van der Waals surface area contributed by atoms with Crippen LogP contribution in [0.1, 0.15) is 25.3 Å². The predicted molar refractivity (Wildman–Crippen MR) is 94.5 cm³/mol. The van der Waals surface area contributed by atoms with Crippen LogP contribution < -0.4 is 10.1 Å². The second-order valence-corrected chi connectivity index (χ2v) is 7.42. The quantitative estimate of drug-likeness (QED) is 0.730. The third-order valence-corrected chi connectivity index (χ3v) is 5.60. The minimum absolute atomic E-state index is 0.313. The second-order valence-electron chi connectivity index (χ2n) is 5.22. The number of ether oxygens (including phenoxy) is 2. The van der Waals surface area contributed by atoms with Gasteiger partial charge in [0.1, 0.15) is 5.75 Å². The van der Waals surface area contributed by atoms with Gasteiger partial charge in [0.15, 0.2) is 4.34 Å². The fourth-order valence-corrected chi connectivity index (χ4v) is 4.15. The third-order valence-electron chi connectivity index (χ3n) is 3.54. The van der Waals surface area contributed by atoms with Crippen molar-refractivity contribution in [2.75, 3.05) is 25.1 Å². The second kappa shape index (κ2) is 8.52. The molecule has 1 aromatic carbocycles. The minimum Gasteiger partial charge on any atom is -0.494 e. The third kappa shape index (κ3) is 4.83. The van der Waals surface area contributed by atoms with Gasteiger partial charge in [-0.3, -0.25) is 0 Å². The van der Waals surface area contributed by atoms with Gasteiger partial charge in [0, 0.05) is 24.5 Å². The molecule has 1 saturated heterocycles. The van der Waals surface area contributed by atoms with Gasteiger partial charge in [-0.1, -0.05) is 41.3 Å². The van der Waals surface area contributed by atoms with Crippen molar-refractivity contribution in [3.63, 3.8) is 0 Å². The minimum atomic E-state index is 0.313.